The lowest BCUT2D eigenvalue weighted by Crippen LogP contribution is -2.03. The Morgan fingerprint density at radius 2 is 1.68 bits per heavy atom. The van der Waals surface area contributed by atoms with Gasteiger partial charge in [0.25, 0.3) is 0 Å². The molecule has 1 aromatic heterocycles. The van der Waals surface area contributed by atoms with E-state index in [9.17, 15) is 8.78 Å². The molecule has 0 aliphatic rings. The third-order valence-corrected chi connectivity index (χ3v) is 3.34. The number of hydrogen-bond donors (Lipinski definition) is 1. The van der Waals surface area contributed by atoms with Crippen molar-refractivity contribution in [3.63, 3.8) is 0 Å². The number of halogens is 2. The zero-order valence-electron chi connectivity index (χ0n) is 12.1. The molecule has 0 radical (unpaired) electrons. The van der Waals surface area contributed by atoms with Crippen LogP contribution in [0, 0.1) is 25.5 Å². The first-order valence-electron chi connectivity index (χ1n) is 6.71. The van der Waals surface area contributed by atoms with Gasteiger partial charge in [-0.25, -0.2) is 8.78 Å². The molecule has 1 heterocycles. The van der Waals surface area contributed by atoms with Gasteiger partial charge in [-0.1, -0.05) is 11.3 Å². The number of nitrogen functional groups attached to an aromatic ring is 1. The molecule has 2 N–H and O–H groups in total. The van der Waals surface area contributed by atoms with E-state index < -0.39 is 11.6 Å². The molecule has 0 bridgehead atoms. The summed E-state index contributed by atoms with van der Waals surface area (Å²) in [4.78, 5) is 0. The third kappa shape index (κ3) is 2.43. The largest absolute Gasteiger partial charge is 0.382 e. The van der Waals surface area contributed by atoms with Crippen LogP contribution in [0.1, 0.15) is 11.1 Å². The van der Waals surface area contributed by atoms with Crippen LogP contribution in [-0.4, -0.2) is 15.0 Å². The van der Waals surface area contributed by atoms with E-state index in [-0.39, 0.29) is 17.1 Å². The zero-order chi connectivity index (χ0) is 15.9. The summed E-state index contributed by atoms with van der Waals surface area (Å²) in [6.45, 7) is 3.91. The molecule has 0 saturated heterocycles. The van der Waals surface area contributed by atoms with E-state index in [1.807, 2.05) is 32.0 Å². The van der Waals surface area contributed by atoms with Gasteiger partial charge in [0.2, 0.25) is 0 Å². The van der Waals surface area contributed by atoms with Crippen LogP contribution in [-0.2, 0) is 0 Å². The summed E-state index contributed by atoms with van der Waals surface area (Å²) < 4.78 is 28.6. The highest BCUT2D eigenvalue weighted by molar-refractivity contribution is 5.71. The van der Waals surface area contributed by atoms with E-state index >= 15 is 0 Å². The van der Waals surface area contributed by atoms with Gasteiger partial charge in [0.15, 0.2) is 5.82 Å². The topological polar surface area (TPSA) is 56.7 Å². The lowest BCUT2D eigenvalue weighted by Gasteiger charge is -2.06. The minimum absolute atomic E-state index is 0.00637. The minimum Gasteiger partial charge on any atom is -0.382 e. The molecular weight excluding hydrogens is 286 g/mol. The second kappa shape index (κ2) is 5.22. The van der Waals surface area contributed by atoms with Crippen LogP contribution >= 0.6 is 0 Å². The Morgan fingerprint density at radius 1 is 1.00 bits per heavy atom. The predicted molar refractivity (Wildman–Crippen MR) is 80.6 cm³/mol. The highest BCUT2D eigenvalue weighted by atomic mass is 19.1. The van der Waals surface area contributed by atoms with Crippen molar-refractivity contribution in [2.45, 2.75) is 13.8 Å². The van der Waals surface area contributed by atoms with Crippen molar-refractivity contribution < 1.29 is 8.78 Å². The van der Waals surface area contributed by atoms with Crippen LogP contribution in [0.3, 0.4) is 0 Å². The number of benzene rings is 2. The van der Waals surface area contributed by atoms with Crippen molar-refractivity contribution in [3.8, 4) is 16.9 Å². The number of rotatable bonds is 2. The Kier molecular flexibility index (Phi) is 3.36. The summed E-state index contributed by atoms with van der Waals surface area (Å²) >= 11 is 0. The monoisotopic (exact) mass is 300 g/mol. The van der Waals surface area contributed by atoms with Gasteiger partial charge in [-0.15, -0.1) is 5.10 Å². The molecule has 0 fully saturated rings. The molecule has 3 aromatic rings. The molecule has 112 valence electrons. The van der Waals surface area contributed by atoms with Gasteiger partial charge in [-0.3, -0.25) is 0 Å². The van der Waals surface area contributed by atoms with Gasteiger partial charge >= 0.3 is 0 Å². The second-order valence-corrected chi connectivity index (χ2v) is 5.21. The zero-order valence-corrected chi connectivity index (χ0v) is 12.1. The maximum absolute atomic E-state index is 13.9. The van der Waals surface area contributed by atoms with E-state index in [1.165, 1.54) is 4.68 Å². The first kappa shape index (κ1) is 14.2. The van der Waals surface area contributed by atoms with E-state index in [2.05, 4.69) is 10.3 Å². The smallest absolute Gasteiger partial charge is 0.156 e. The Balaban J connectivity index is 2.15. The number of aryl methyl sites for hydroxylation is 2. The average molecular weight is 300 g/mol. The van der Waals surface area contributed by atoms with Crippen molar-refractivity contribution in [1.29, 1.82) is 0 Å². The van der Waals surface area contributed by atoms with E-state index in [4.69, 9.17) is 5.73 Å². The van der Waals surface area contributed by atoms with Crippen LogP contribution < -0.4 is 5.73 Å². The van der Waals surface area contributed by atoms with Gasteiger partial charge in [-0.2, -0.15) is 4.68 Å². The van der Waals surface area contributed by atoms with Crippen LogP contribution in [0.15, 0.2) is 36.4 Å². The van der Waals surface area contributed by atoms with Crippen LogP contribution in [0.25, 0.3) is 16.9 Å². The average Bonchev–Trinajstić information content (AvgIpc) is 2.82. The number of nitrogens with zero attached hydrogens (tertiary/aromatic N) is 3. The predicted octanol–water partition coefficient (Wildman–Crippen LogP) is 3.41. The maximum Gasteiger partial charge on any atom is 0.156 e. The molecule has 22 heavy (non-hydrogen) atoms. The quantitative estimate of drug-likeness (QED) is 0.789. The number of aromatic nitrogens is 3. The molecule has 3 rings (SSSR count). The SMILES string of the molecule is Cc1cc(C)cc(-n2nnc(-c3cc(F)ccc3F)c2N)c1. The molecule has 2 aromatic carbocycles. The highest BCUT2D eigenvalue weighted by Crippen LogP contribution is 2.28. The maximum atomic E-state index is 13.9. The fourth-order valence-corrected chi connectivity index (χ4v) is 2.42. The Hall–Kier alpha value is -2.76. The van der Waals surface area contributed by atoms with Crippen LogP contribution in [0.5, 0.6) is 0 Å². The summed E-state index contributed by atoms with van der Waals surface area (Å²) in [5.74, 6) is -0.994. The minimum atomic E-state index is -0.597. The summed E-state index contributed by atoms with van der Waals surface area (Å²) in [6.07, 6.45) is 0. The Labute approximate surface area is 126 Å². The summed E-state index contributed by atoms with van der Waals surface area (Å²) in [6, 6.07) is 8.95. The lowest BCUT2D eigenvalue weighted by molar-refractivity contribution is 0.602. The summed E-state index contributed by atoms with van der Waals surface area (Å²) in [5, 5.41) is 7.87. The molecule has 0 saturated carbocycles. The van der Waals surface area contributed by atoms with E-state index in [1.54, 1.807) is 0 Å². The fraction of sp³-hybridized carbons (Fsp3) is 0.125. The highest BCUT2D eigenvalue weighted by Gasteiger charge is 2.17. The van der Waals surface area contributed by atoms with Crippen molar-refractivity contribution >= 4 is 5.82 Å². The molecule has 0 unspecified atom stereocenters. The normalized spacial score (nSPS) is 10.9. The van der Waals surface area contributed by atoms with Gasteiger partial charge in [0.1, 0.15) is 17.3 Å². The molecule has 4 nitrogen and oxygen atoms in total. The number of hydrogen-bond acceptors (Lipinski definition) is 3. The Morgan fingerprint density at radius 3 is 2.36 bits per heavy atom. The molecule has 0 amide bonds. The second-order valence-electron chi connectivity index (χ2n) is 5.21. The first-order valence-corrected chi connectivity index (χ1v) is 6.71. The van der Waals surface area contributed by atoms with Gasteiger partial charge in [-0.05, 0) is 55.3 Å². The molecule has 0 aliphatic carbocycles. The van der Waals surface area contributed by atoms with Crippen molar-refractivity contribution in [2.24, 2.45) is 0 Å². The summed E-state index contributed by atoms with van der Waals surface area (Å²) in [5.41, 5.74) is 8.97. The van der Waals surface area contributed by atoms with Crippen molar-refractivity contribution in [2.75, 3.05) is 5.73 Å². The number of nitrogens with two attached hydrogens (primary N) is 1. The molecule has 0 spiro atoms. The van der Waals surface area contributed by atoms with Crippen molar-refractivity contribution in [1.82, 2.24) is 15.0 Å². The van der Waals surface area contributed by atoms with E-state index in [0.29, 0.717) is 0 Å². The molecule has 6 heteroatoms. The third-order valence-electron chi connectivity index (χ3n) is 3.34. The Bertz CT molecular complexity index is 835. The number of anilines is 1. The standard InChI is InChI=1S/C16H14F2N4/c1-9-5-10(2)7-12(6-9)22-16(19)15(20-21-22)13-8-11(17)3-4-14(13)18/h3-8H,19H2,1-2H3. The van der Waals surface area contributed by atoms with E-state index in [0.717, 1.165) is 35.0 Å². The van der Waals surface area contributed by atoms with Gasteiger partial charge < -0.3 is 5.73 Å². The lowest BCUT2D eigenvalue weighted by atomic mass is 10.1. The first-order chi connectivity index (χ1) is 10.5. The van der Waals surface area contributed by atoms with Gasteiger partial charge in [0, 0.05) is 5.56 Å². The van der Waals surface area contributed by atoms with Crippen LogP contribution in [0.2, 0.25) is 0 Å². The van der Waals surface area contributed by atoms with Gasteiger partial charge in [0.05, 0.1) is 5.69 Å². The molecule has 0 atom stereocenters. The summed E-state index contributed by atoms with van der Waals surface area (Å²) in [7, 11) is 0. The van der Waals surface area contributed by atoms with Crippen LogP contribution in [0.4, 0.5) is 14.6 Å². The molecule has 0 aliphatic heterocycles. The molecular formula is C16H14F2N4. The van der Waals surface area contributed by atoms with Crippen molar-refractivity contribution in [3.05, 3.63) is 59.2 Å². The fourth-order valence-electron chi connectivity index (χ4n) is 2.42.